The quantitative estimate of drug-likeness (QED) is 0.585. The number of hydrogen-bond acceptors (Lipinski definition) is 5. The Morgan fingerprint density at radius 2 is 1.35 bits per heavy atom. The second-order valence-corrected chi connectivity index (χ2v) is 5.26. The van der Waals surface area contributed by atoms with Crippen LogP contribution in [-0.2, 0) is 19.1 Å². The molecule has 2 fully saturated rings. The fraction of sp³-hybridized carbons (Fsp3) is 0.765. The van der Waals surface area contributed by atoms with Crippen LogP contribution in [0.25, 0.3) is 4.85 Å². The molecule has 8 nitrogen and oxygen atoms in total. The molecule has 0 aromatic rings. The van der Waals surface area contributed by atoms with Crippen LogP contribution in [0, 0.1) is 12.0 Å². The zero-order chi connectivity index (χ0) is 17.1. The Kier molecular flexibility index (Phi) is 18.8. The SMILES string of the molecule is C.C.CC(=N)CC(=O)N1CCOCC1.Cl.[C-]#[N+]CC(=O)N1CCOCC1. The van der Waals surface area contributed by atoms with Crippen molar-refractivity contribution in [3.05, 3.63) is 11.4 Å². The summed E-state index contributed by atoms with van der Waals surface area (Å²) in [6, 6.07) is 0. The summed E-state index contributed by atoms with van der Waals surface area (Å²) in [6.07, 6.45) is 0.250. The molecule has 152 valence electrons. The maximum absolute atomic E-state index is 11.3. The third kappa shape index (κ3) is 11.8. The summed E-state index contributed by atoms with van der Waals surface area (Å²) in [5, 5.41) is 7.16. The Morgan fingerprint density at radius 1 is 0.962 bits per heavy atom. The predicted molar refractivity (Wildman–Crippen MR) is 105 cm³/mol. The van der Waals surface area contributed by atoms with Crippen molar-refractivity contribution >= 4 is 29.9 Å². The second kappa shape index (κ2) is 16.8. The van der Waals surface area contributed by atoms with Gasteiger partial charge in [0, 0.05) is 31.9 Å². The van der Waals surface area contributed by atoms with Gasteiger partial charge in [-0.2, -0.15) is 0 Å². The van der Waals surface area contributed by atoms with Gasteiger partial charge in [0.05, 0.1) is 32.8 Å². The molecule has 0 radical (unpaired) electrons. The highest BCUT2D eigenvalue weighted by Crippen LogP contribution is 2.00. The van der Waals surface area contributed by atoms with Gasteiger partial charge in [-0.3, -0.25) is 9.59 Å². The topological polar surface area (TPSA) is 87.3 Å². The number of halogens is 1. The molecule has 0 aliphatic carbocycles. The van der Waals surface area contributed by atoms with Gasteiger partial charge in [-0.1, -0.05) is 14.9 Å². The van der Waals surface area contributed by atoms with E-state index in [2.05, 4.69) is 4.85 Å². The highest BCUT2D eigenvalue weighted by Gasteiger charge is 2.18. The van der Waals surface area contributed by atoms with Gasteiger partial charge < -0.3 is 29.5 Å². The van der Waals surface area contributed by atoms with Crippen LogP contribution in [0.5, 0.6) is 0 Å². The Morgan fingerprint density at radius 3 is 1.69 bits per heavy atom. The number of carbonyl (C=O) groups is 2. The summed E-state index contributed by atoms with van der Waals surface area (Å²) in [4.78, 5) is 28.8. The van der Waals surface area contributed by atoms with Crippen LogP contribution in [0.15, 0.2) is 0 Å². The van der Waals surface area contributed by atoms with E-state index in [1.807, 2.05) is 0 Å². The van der Waals surface area contributed by atoms with E-state index in [0.29, 0.717) is 58.3 Å². The van der Waals surface area contributed by atoms with E-state index in [9.17, 15) is 9.59 Å². The first-order valence-corrected chi connectivity index (χ1v) is 7.63. The van der Waals surface area contributed by atoms with Crippen molar-refractivity contribution in [1.82, 2.24) is 9.80 Å². The molecular weight excluding hydrogens is 360 g/mol. The van der Waals surface area contributed by atoms with Crippen molar-refractivity contribution in [2.45, 2.75) is 28.2 Å². The first kappa shape index (κ1) is 29.1. The average Bonchev–Trinajstić information content (AvgIpc) is 2.57. The zero-order valence-electron chi connectivity index (χ0n) is 14.0. The van der Waals surface area contributed by atoms with Crippen LogP contribution >= 0.6 is 12.4 Å². The number of nitrogens with zero attached hydrogens (tertiary/aromatic N) is 3. The number of rotatable bonds is 3. The van der Waals surface area contributed by atoms with Crippen LogP contribution in [0.4, 0.5) is 0 Å². The normalized spacial score (nSPS) is 15.5. The Balaban J connectivity index is -0.000000366. The lowest BCUT2D eigenvalue weighted by Crippen LogP contribution is -2.41. The summed E-state index contributed by atoms with van der Waals surface area (Å²) in [5.41, 5.74) is 0.423. The molecule has 2 amide bonds. The molecule has 0 unspecified atom stereocenters. The predicted octanol–water partition coefficient (Wildman–Crippen LogP) is 1.73. The molecule has 0 aromatic carbocycles. The van der Waals surface area contributed by atoms with Crippen LogP contribution in [-0.4, -0.2) is 86.5 Å². The lowest BCUT2D eigenvalue weighted by atomic mass is 10.2. The third-order valence-electron chi connectivity index (χ3n) is 3.36. The Labute approximate surface area is 163 Å². The number of amides is 2. The van der Waals surface area contributed by atoms with Gasteiger partial charge in [-0.15, -0.1) is 12.4 Å². The molecule has 2 aliphatic heterocycles. The molecule has 0 spiro atoms. The number of morpholine rings is 2. The van der Waals surface area contributed by atoms with E-state index >= 15 is 0 Å². The molecule has 0 atom stereocenters. The summed E-state index contributed by atoms with van der Waals surface area (Å²) >= 11 is 0. The molecule has 2 saturated heterocycles. The van der Waals surface area contributed by atoms with E-state index in [0.717, 1.165) is 0 Å². The van der Waals surface area contributed by atoms with Gasteiger partial charge in [-0.05, 0) is 6.92 Å². The van der Waals surface area contributed by atoms with Crippen molar-refractivity contribution < 1.29 is 19.1 Å². The van der Waals surface area contributed by atoms with E-state index in [1.165, 1.54) is 0 Å². The van der Waals surface area contributed by atoms with Crippen LogP contribution in [0.3, 0.4) is 0 Å². The summed E-state index contributed by atoms with van der Waals surface area (Å²) in [6.45, 7) is 13.2. The molecule has 2 rings (SSSR count). The highest BCUT2D eigenvalue weighted by atomic mass is 35.5. The molecule has 0 saturated carbocycles. The van der Waals surface area contributed by atoms with Gasteiger partial charge in [0.15, 0.2) is 0 Å². The second-order valence-electron chi connectivity index (χ2n) is 5.26. The molecule has 1 N–H and O–H groups in total. The maximum Gasteiger partial charge on any atom is 0.302 e. The smallest absolute Gasteiger partial charge is 0.302 e. The fourth-order valence-corrected chi connectivity index (χ4v) is 2.13. The lowest BCUT2D eigenvalue weighted by Gasteiger charge is -2.26. The molecule has 0 bridgehead atoms. The minimum Gasteiger partial charge on any atom is -0.378 e. The maximum atomic E-state index is 11.3. The molecular formula is C17H33ClN4O4. The Bertz CT molecular complexity index is 456. The number of nitrogens with one attached hydrogen (secondary N) is 1. The van der Waals surface area contributed by atoms with Crippen molar-refractivity contribution in [2.75, 3.05) is 59.2 Å². The third-order valence-corrected chi connectivity index (χ3v) is 3.36. The van der Waals surface area contributed by atoms with Crippen LogP contribution < -0.4 is 0 Å². The van der Waals surface area contributed by atoms with E-state index in [1.54, 1.807) is 16.7 Å². The molecule has 26 heavy (non-hydrogen) atoms. The fourth-order valence-electron chi connectivity index (χ4n) is 2.13. The Hall–Kier alpha value is -1.69. The summed E-state index contributed by atoms with van der Waals surface area (Å²) < 4.78 is 10.2. The minimum absolute atomic E-state index is 0. The summed E-state index contributed by atoms with van der Waals surface area (Å²) in [7, 11) is 0. The average molecular weight is 393 g/mol. The highest BCUT2D eigenvalue weighted by molar-refractivity contribution is 5.98. The lowest BCUT2D eigenvalue weighted by molar-refractivity contribution is -0.134. The van der Waals surface area contributed by atoms with E-state index in [-0.39, 0.29) is 52.0 Å². The van der Waals surface area contributed by atoms with Crippen molar-refractivity contribution in [1.29, 1.82) is 5.41 Å². The van der Waals surface area contributed by atoms with Gasteiger partial charge in [-0.25, -0.2) is 6.57 Å². The first-order chi connectivity index (χ1) is 11.0. The largest absolute Gasteiger partial charge is 0.378 e. The van der Waals surface area contributed by atoms with Gasteiger partial charge in [0.25, 0.3) is 6.54 Å². The standard InChI is InChI=1S/C8H14N2O2.C7H10N2O2.2CH4.ClH/c1-7(9)6-8(11)10-2-4-12-5-3-10;1-8-6-7(10)9-2-4-11-5-3-9;;;/h9H,2-6H2,1H3;2-6H2;2*1H4;1H. The van der Waals surface area contributed by atoms with Crippen molar-refractivity contribution in [3.8, 4) is 0 Å². The van der Waals surface area contributed by atoms with Crippen molar-refractivity contribution in [3.63, 3.8) is 0 Å². The van der Waals surface area contributed by atoms with Crippen molar-refractivity contribution in [2.24, 2.45) is 0 Å². The molecule has 2 aliphatic rings. The van der Waals surface area contributed by atoms with E-state index < -0.39 is 0 Å². The van der Waals surface area contributed by atoms with Gasteiger partial charge in [0.2, 0.25) is 5.91 Å². The molecule has 9 heteroatoms. The molecule has 0 aromatic heterocycles. The van der Waals surface area contributed by atoms with E-state index in [4.69, 9.17) is 21.5 Å². The molecule has 2 heterocycles. The monoisotopic (exact) mass is 392 g/mol. The minimum atomic E-state index is -0.0803. The first-order valence-electron chi connectivity index (χ1n) is 7.63. The van der Waals surface area contributed by atoms with Gasteiger partial charge in [0.1, 0.15) is 0 Å². The van der Waals surface area contributed by atoms with Crippen LogP contribution in [0.2, 0.25) is 0 Å². The van der Waals surface area contributed by atoms with Crippen LogP contribution in [0.1, 0.15) is 28.2 Å². The summed E-state index contributed by atoms with van der Waals surface area (Å²) in [5.74, 6) is -0.0332. The zero-order valence-corrected chi connectivity index (χ0v) is 14.8. The van der Waals surface area contributed by atoms with Gasteiger partial charge >= 0.3 is 5.91 Å². The number of carbonyl (C=O) groups excluding carboxylic acids is 2. The number of hydrogen-bond donors (Lipinski definition) is 1. The number of ether oxygens (including phenoxy) is 2.